The van der Waals surface area contributed by atoms with Crippen LogP contribution in [-0.4, -0.2) is 71.5 Å². The molecule has 0 spiro atoms. The van der Waals surface area contributed by atoms with E-state index in [4.69, 9.17) is 16.3 Å². The van der Waals surface area contributed by atoms with Crippen LogP contribution in [0.15, 0.2) is 60.7 Å². The average Bonchev–Trinajstić information content (AvgIpc) is 3.95. The van der Waals surface area contributed by atoms with Gasteiger partial charge < -0.3 is 20.3 Å². The van der Waals surface area contributed by atoms with Crippen LogP contribution < -0.4 is 20.1 Å². The van der Waals surface area contributed by atoms with Crippen molar-refractivity contribution in [2.75, 3.05) is 11.9 Å². The molecule has 3 heterocycles. The zero-order valence-corrected chi connectivity index (χ0v) is 28.7. The van der Waals surface area contributed by atoms with Crippen molar-refractivity contribution in [3.63, 3.8) is 0 Å². The number of fused-ring (bicyclic) bond motifs is 3. The molecule has 14 heteroatoms. The van der Waals surface area contributed by atoms with Crippen LogP contribution in [0.5, 0.6) is 5.19 Å². The van der Waals surface area contributed by atoms with Gasteiger partial charge in [-0.1, -0.05) is 66.1 Å². The first-order chi connectivity index (χ1) is 23.1. The van der Waals surface area contributed by atoms with Crippen LogP contribution in [0, 0.1) is 5.92 Å². The number of amides is 3. The predicted molar refractivity (Wildman–Crippen MR) is 184 cm³/mol. The van der Waals surface area contributed by atoms with E-state index in [1.54, 1.807) is 11.0 Å². The second kappa shape index (κ2) is 13.3. The Morgan fingerprint density at radius 1 is 1.08 bits per heavy atom. The number of nitrogens with one attached hydrogen (secondary N) is 3. The molecule has 3 amide bonds. The van der Waals surface area contributed by atoms with Gasteiger partial charge in [-0.2, -0.15) is 0 Å². The Balaban J connectivity index is 1.18. The molecule has 0 radical (unpaired) electrons. The quantitative estimate of drug-likeness (QED) is 0.297. The van der Waals surface area contributed by atoms with Gasteiger partial charge in [0.05, 0.1) is 22.0 Å². The van der Waals surface area contributed by atoms with Gasteiger partial charge in [-0.3, -0.25) is 19.1 Å². The van der Waals surface area contributed by atoms with Crippen LogP contribution in [0.4, 0.5) is 5.69 Å². The minimum atomic E-state index is -3.83. The van der Waals surface area contributed by atoms with Crippen LogP contribution in [0.2, 0.25) is 5.02 Å². The number of anilines is 1. The van der Waals surface area contributed by atoms with E-state index in [1.807, 2.05) is 54.6 Å². The molecular weight excluding hydrogens is 674 g/mol. The minimum Gasteiger partial charge on any atom is -0.465 e. The molecule has 254 valence electrons. The third kappa shape index (κ3) is 7.04. The minimum absolute atomic E-state index is 0.138. The standard InChI is InChI=1S/C34H38ClN5O6S2/c35-22-13-16-26-29(17-22)47-33(37-26)46-24-18-28-30(41)38-34(32(43)39-48(44,45)25-14-15-25)19-21(34)9-5-2-1-3-8-12-27(31(42)40(28)20-24)36-23-10-6-4-7-11-23/h4-7,9-11,13,16-17,21,24-25,27-28,36H,1-3,8,12,14-15,18-20H2,(H,38,41)(H,39,43)/b9-5-/t21-,24-,27+,28+,34-/m1/s1. The van der Waals surface area contributed by atoms with Crippen molar-refractivity contribution >= 4 is 66.6 Å². The number of nitrogens with zero attached hydrogens (tertiary/aromatic N) is 2. The lowest BCUT2D eigenvalue weighted by molar-refractivity contribution is -0.140. The molecule has 1 saturated heterocycles. The van der Waals surface area contributed by atoms with Crippen molar-refractivity contribution in [1.82, 2.24) is 19.9 Å². The van der Waals surface area contributed by atoms with Crippen LogP contribution in [-0.2, 0) is 24.4 Å². The van der Waals surface area contributed by atoms with Gasteiger partial charge >= 0.3 is 0 Å². The molecule has 4 aliphatic rings. The van der Waals surface area contributed by atoms with Gasteiger partial charge in [0.2, 0.25) is 21.8 Å². The maximum Gasteiger partial charge on any atom is 0.274 e. The monoisotopic (exact) mass is 711 g/mol. The molecule has 0 bridgehead atoms. The van der Waals surface area contributed by atoms with Crippen molar-refractivity contribution in [2.24, 2.45) is 5.92 Å². The van der Waals surface area contributed by atoms with Gasteiger partial charge in [0, 0.05) is 23.0 Å². The highest BCUT2D eigenvalue weighted by Gasteiger charge is 2.62. The second-order valence-electron chi connectivity index (χ2n) is 13.1. The Labute approximate surface area is 288 Å². The van der Waals surface area contributed by atoms with E-state index >= 15 is 0 Å². The largest absolute Gasteiger partial charge is 0.465 e. The number of hydrogen-bond acceptors (Lipinski definition) is 9. The summed E-state index contributed by atoms with van der Waals surface area (Å²) in [4.78, 5) is 48.3. The van der Waals surface area contributed by atoms with E-state index in [1.165, 1.54) is 11.3 Å². The molecule has 5 atom stereocenters. The van der Waals surface area contributed by atoms with E-state index in [0.29, 0.717) is 29.5 Å². The third-order valence-electron chi connectivity index (χ3n) is 9.56. The summed E-state index contributed by atoms with van der Waals surface area (Å²) in [5, 5.41) is 6.71. The fourth-order valence-corrected chi connectivity index (χ4v) is 9.17. The van der Waals surface area contributed by atoms with E-state index in [2.05, 4.69) is 20.3 Å². The number of thiazole rings is 1. The number of para-hydroxylation sites is 1. The Morgan fingerprint density at radius 3 is 2.69 bits per heavy atom. The number of hydrogen-bond donors (Lipinski definition) is 3. The summed E-state index contributed by atoms with van der Waals surface area (Å²) < 4.78 is 34.9. The third-order valence-corrected chi connectivity index (χ3v) is 12.5. The summed E-state index contributed by atoms with van der Waals surface area (Å²) in [6, 6.07) is 13.3. The Morgan fingerprint density at radius 2 is 1.90 bits per heavy atom. The summed E-state index contributed by atoms with van der Waals surface area (Å²) in [6.07, 6.45) is 8.76. The van der Waals surface area contributed by atoms with Crippen LogP contribution in [0.25, 0.3) is 10.2 Å². The van der Waals surface area contributed by atoms with Crippen molar-refractivity contribution in [3.05, 3.63) is 65.7 Å². The number of carbonyl (C=O) groups is 3. The Kier molecular flexibility index (Phi) is 9.12. The van der Waals surface area contributed by atoms with Gasteiger partial charge in [0.25, 0.3) is 11.1 Å². The number of allylic oxidation sites excluding steroid dienone is 1. The predicted octanol–water partition coefficient (Wildman–Crippen LogP) is 4.78. The topological polar surface area (TPSA) is 147 Å². The molecule has 2 aromatic carbocycles. The van der Waals surface area contributed by atoms with Gasteiger partial charge in [0.15, 0.2) is 0 Å². The molecule has 1 aromatic heterocycles. The molecule has 3 fully saturated rings. The van der Waals surface area contributed by atoms with E-state index in [9.17, 15) is 22.8 Å². The number of benzene rings is 2. The lowest BCUT2D eigenvalue weighted by Crippen LogP contribution is -2.57. The lowest BCUT2D eigenvalue weighted by Gasteiger charge is -2.30. The molecule has 2 saturated carbocycles. The molecule has 2 aliphatic carbocycles. The van der Waals surface area contributed by atoms with Gasteiger partial charge in [-0.05, 0) is 68.9 Å². The highest BCUT2D eigenvalue weighted by Crippen LogP contribution is 2.46. The number of aromatic nitrogens is 1. The summed E-state index contributed by atoms with van der Waals surface area (Å²) in [7, 11) is -3.83. The van der Waals surface area contributed by atoms with E-state index < -0.39 is 50.8 Å². The smallest absolute Gasteiger partial charge is 0.274 e. The molecule has 2 aliphatic heterocycles. The Hall–Kier alpha value is -3.68. The number of carbonyl (C=O) groups excluding carboxylic acids is 3. The highest BCUT2D eigenvalue weighted by atomic mass is 35.5. The highest BCUT2D eigenvalue weighted by molar-refractivity contribution is 7.91. The Bertz CT molecular complexity index is 1850. The first-order valence-corrected chi connectivity index (χ1v) is 19.2. The van der Waals surface area contributed by atoms with Gasteiger partial charge in [-0.15, -0.1) is 0 Å². The average molecular weight is 712 g/mol. The first-order valence-electron chi connectivity index (χ1n) is 16.5. The van der Waals surface area contributed by atoms with Crippen molar-refractivity contribution in [1.29, 1.82) is 0 Å². The second-order valence-corrected chi connectivity index (χ2v) is 16.5. The molecule has 3 N–H and O–H groups in total. The van der Waals surface area contributed by atoms with Gasteiger partial charge in [0.1, 0.15) is 23.7 Å². The number of halogens is 1. The van der Waals surface area contributed by atoms with E-state index in [-0.39, 0.29) is 31.2 Å². The van der Waals surface area contributed by atoms with Crippen molar-refractivity contribution in [2.45, 2.75) is 86.8 Å². The van der Waals surface area contributed by atoms with E-state index in [0.717, 1.165) is 41.6 Å². The fourth-order valence-electron chi connectivity index (χ4n) is 6.65. The summed E-state index contributed by atoms with van der Waals surface area (Å²) in [5.74, 6) is -1.85. The number of sulfonamides is 1. The summed E-state index contributed by atoms with van der Waals surface area (Å²) >= 11 is 7.51. The molecule has 7 rings (SSSR count). The lowest BCUT2D eigenvalue weighted by atomic mass is 10.0. The van der Waals surface area contributed by atoms with Crippen LogP contribution in [0.1, 0.15) is 57.8 Å². The van der Waals surface area contributed by atoms with Crippen LogP contribution >= 0.6 is 22.9 Å². The number of ether oxygens (including phenoxy) is 1. The molecule has 0 unspecified atom stereocenters. The maximum absolute atomic E-state index is 14.4. The zero-order chi connectivity index (χ0) is 33.5. The van der Waals surface area contributed by atoms with Crippen LogP contribution in [0.3, 0.4) is 0 Å². The summed E-state index contributed by atoms with van der Waals surface area (Å²) in [6.45, 7) is 0.138. The fraction of sp³-hybridized carbons (Fsp3) is 0.471. The normalized spacial score (nSPS) is 28.7. The first kappa shape index (κ1) is 32.8. The summed E-state index contributed by atoms with van der Waals surface area (Å²) in [5.41, 5.74) is 0.110. The molecule has 48 heavy (non-hydrogen) atoms. The molecular formula is C34H38ClN5O6S2. The number of rotatable bonds is 7. The van der Waals surface area contributed by atoms with Gasteiger partial charge in [-0.25, -0.2) is 13.4 Å². The van der Waals surface area contributed by atoms with Crippen molar-refractivity contribution < 1.29 is 27.5 Å². The van der Waals surface area contributed by atoms with Crippen molar-refractivity contribution in [3.8, 4) is 5.19 Å². The maximum atomic E-state index is 14.4. The SMILES string of the molecule is O=C1N[C@]2(C(=O)NS(=O)(=O)C3CC3)C[C@H]2/C=C\CCCCC[C@H](Nc2ccccc2)C(=O)N2C[C@H](Oc3nc4ccc(Cl)cc4s3)C[C@@H]12. The molecule has 11 nitrogen and oxygen atoms in total. The molecule has 3 aromatic rings. The zero-order valence-electron chi connectivity index (χ0n) is 26.3.